The maximum absolute atomic E-state index is 4.36. The molecule has 0 unspecified atom stereocenters. The maximum atomic E-state index is 4.36. The smallest absolute Gasteiger partial charge is 0.147 e. The van der Waals surface area contributed by atoms with Crippen LogP contribution in [0.1, 0.15) is 0 Å². The van der Waals surface area contributed by atoms with E-state index in [2.05, 4.69) is 41.8 Å². The Balaban J connectivity index is 2.38. The van der Waals surface area contributed by atoms with Gasteiger partial charge in [0.2, 0.25) is 0 Å². The van der Waals surface area contributed by atoms with Crippen molar-refractivity contribution < 1.29 is 0 Å². The van der Waals surface area contributed by atoms with Gasteiger partial charge in [-0.25, -0.2) is 4.98 Å². The number of rotatable bonds is 2. The molecule has 0 spiro atoms. The molecule has 3 nitrogen and oxygen atoms in total. The fraction of sp³-hybridized carbons (Fsp3) is 0.0909. The van der Waals surface area contributed by atoms with Crippen LogP contribution in [0.15, 0.2) is 45.7 Å². The summed E-state index contributed by atoms with van der Waals surface area (Å²) in [7, 11) is 1.96. The van der Waals surface area contributed by atoms with Gasteiger partial charge < -0.3 is 4.90 Å². The van der Waals surface area contributed by atoms with Crippen LogP contribution in [0.2, 0.25) is 0 Å². The summed E-state index contributed by atoms with van der Waals surface area (Å²) in [5.41, 5.74) is 0.998. The first-order valence-electron chi connectivity index (χ1n) is 4.63. The van der Waals surface area contributed by atoms with E-state index in [4.69, 9.17) is 0 Å². The standard InChI is InChI=1S/C11H9Br2N3/c1-16(9-3-2-4-14-7-9)11-10(13)5-8(12)6-15-11/h2-7H,1H3. The minimum absolute atomic E-state index is 0.858. The Labute approximate surface area is 111 Å². The lowest BCUT2D eigenvalue weighted by molar-refractivity contribution is 1.10. The van der Waals surface area contributed by atoms with Crippen molar-refractivity contribution in [3.63, 3.8) is 0 Å². The largest absolute Gasteiger partial charge is 0.327 e. The average Bonchev–Trinajstić information content (AvgIpc) is 2.29. The van der Waals surface area contributed by atoms with Crippen LogP contribution in [0, 0.1) is 0 Å². The van der Waals surface area contributed by atoms with Crippen molar-refractivity contribution in [3.05, 3.63) is 45.7 Å². The number of aromatic nitrogens is 2. The Hall–Kier alpha value is -0.940. The summed E-state index contributed by atoms with van der Waals surface area (Å²) in [5.74, 6) is 0.858. The maximum Gasteiger partial charge on any atom is 0.147 e. The number of halogens is 2. The third kappa shape index (κ3) is 2.41. The number of anilines is 2. The van der Waals surface area contributed by atoms with E-state index in [1.807, 2.05) is 30.1 Å². The summed E-state index contributed by atoms with van der Waals surface area (Å²) >= 11 is 6.87. The van der Waals surface area contributed by atoms with Crippen LogP contribution < -0.4 is 4.90 Å². The van der Waals surface area contributed by atoms with Crippen molar-refractivity contribution >= 4 is 43.4 Å². The molecule has 0 bridgehead atoms. The summed E-state index contributed by atoms with van der Waals surface area (Å²) in [4.78, 5) is 10.4. The molecule has 0 atom stereocenters. The predicted molar refractivity (Wildman–Crippen MR) is 71.9 cm³/mol. The topological polar surface area (TPSA) is 29.0 Å². The van der Waals surface area contributed by atoms with E-state index in [-0.39, 0.29) is 0 Å². The minimum atomic E-state index is 0.858. The SMILES string of the molecule is CN(c1cccnc1)c1ncc(Br)cc1Br. The molecule has 2 aromatic rings. The molecular weight excluding hydrogens is 334 g/mol. The van der Waals surface area contributed by atoms with Gasteiger partial charge in [0.15, 0.2) is 0 Å². The van der Waals surface area contributed by atoms with Crippen molar-refractivity contribution in [2.24, 2.45) is 0 Å². The number of pyridine rings is 2. The number of nitrogens with zero attached hydrogens (tertiary/aromatic N) is 3. The Morgan fingerprint density at radius 3 is 2.69 bits per heavy atom. The van der Waals surface area contributed by atoms with Gasteiger partial charge in [-0.05, 0) is 50.1 Å². The van der Waals surface area contributed by atoms with E-state index in [0.717, 1.165) is 20.5 Å². The second kappa shape index (κ2) is 4.93. The van der Waals surface area contributed by atoms with E-state index in [0.29, 0.717) is 0 Å². The molecule has 0 fully saturated rings. The molecule has 2 rings (SSSR count). The molecule has 5 heteroatoms. The second-order valence-electron chi connectivity index (χ2n) is 3.23. The van der Waals surface area contributed by atoms with Crippen molar-refractivity contribution in [1.82, 2.24) is 9.97 Å². The lowest BCUT2D eigenvalue weighted by atomic mass is 10.3. The molecule has 0 amide bonds. The Morgan fingerprint density at radius 1 is 1.25 bits per heavy atom. The molecule has 0 aromatic carbocycles. The third-order valence-electron chi connectivity index (χ3n) is 2.14. The quantitative estimate of drug-likeness (QED) is 0.831. The zero-order chi connectivity index (χ0) is 11.5. The summed E-state index contributed by atoms with van der Waals surface area (Å²) in [6, 6.07) is 5.86. The minimum Gasteiger partial charge on any atom is -0.327 e. The van der Waals surface area contributed by atoms with E-state index < -0.39 is 0 Å². The normalized spacial score (nSPS) is 10.2. The van der Waals surface area contributed by atoms with E-state index in [9.17, 15) is 0 Å². The fourth-order valence-corrected chi connectivity index (χ4v) is 2.58. The van der Waals surface area contributed by atoms with Gasteiger partial charge in [-0.3, -0.25) is 4.98 Å². The molecule has 2 aromatic heterocycles. The van der Waals surface area contributed by atoms with Gasteiger partial charge in [-0.1, -0.05) is 0 Å². The molecule has 82 valence electrons. The molecule has 0 aliphatic heterocycles. The first-order valence-corrected chi connectivity index (χ1v) is 6.22. The number of hydrogen-bond donors (Lipinski definition) is 0. The summed E-state index contributed by atoms with van der Waals surface area (Å²) < 4.78 is 1.89. The van der Waals surface area contributed by atoms with Crippen molar-refractivity contribution in [2.75, 3.05) is 11.9 Å². The molecule has 2 heterocycles. The molecule has 0 aliphatic carbocycles. The summed E-state index contributed by atoms with van der Waals surface area (Å²) in [6.45, 7) is 0. The van der Waals surface area contributed by atoms with Crippen molar-refractivity contribution in [3.8, 4) is 0 Å². The van der Waals surface area contributed by atoms with Crippen LogP contribution in [0.4, 0.5) is 11.5 Å². The second-order valence-corrected chi connectivity index (χ2v) is 5.00. The Kier molecular flexibility index (Phi) is 3.56. The van der Waals surface area contributed by atoms with Crippen molar-refractivity contribution in [1.29, 1.82) is 0 Å². The molecular formula is C11H9Br2N3. The van der Waals surface area contributed by atoms with Crippen LogP contribution in [-0.4, -0.2) is 17.0 Å². The fourth-order valence-electron chi connectivity index (χ4n) is 1.33. The first-order chi connectivity index (χ1) is 7.68. The van der Waals surface area contributed by atoms with Gasteiger partial charge in [-0.2, -0.15) is 0 Å². The first kappa shape index (κ1) is 11.5. The monoisotopic (exact) mass is 341 g/mol. The summed E-state index contributed by atoms with van der Waals surface area (Å²) in [5, 5.41) is 0. The van der Waals surface area contributed by atoms with Gasteiger partial charge in [0.1, 0.15) is 5.82 Å². The van der Waals surface area contributed by atoms with Crippen molar-refractivity contribution in [2.45, 2.75) is 0 Å². The van der Waals surface area contributed by atoms with Gasteiger partial charge in [-0.15, -0.1) is 0 Å². The van der Waals surface area contributed by atoms with Gasteiger partial charge in [0.05, 0.1) is 16.4 Å². The summed E-state index contributed by atoms with van der Waals surface area (Å²) in [6.07, 6.45) is 5.32. The predicted octanol–water partition coefficient (Wildman–Crippen LogP) is 3.77. The van der Waals surface area contributed by atoms with Gasteiger partial charge in [0.25, 0.3) is 0 Å². The highest BCUT2D eigenvalue weighted by molar-refractivity contribution is 9.11. The van der Waals surface area contributed by atoms with Crippen LogP contribution in [0.5, 0.6) is 0 Å². The van der Waals surface area contributed by atoms with E-state index in [1.54, 1.807) is 18.6 Å². The third-order valence-corrected chi connectivity index (χ3v) is 3.16. The molecule has 0 saturated carbocycles. The van der Waals surface area contributed by atoms with E-state index >= 15 is 0 Å². The highest BCUT2D eigenvalue weighted by Crippen LogP contribution is 2.29. The van der Waals surface area contributed by atoms with Gasteiger partial charge >= 0.3 is 0 Å². The average molecular weight is 343 g/mol. The van der Waals surface area contributed by atoms with Crippen LogP contribution in [0.25, 0.3) is 0 Å². The zero-order valence-electron chi connectivity index (χ0n) is 8.56. The van der Waals surface area contributed by atoms with Crippen LogP contribution in [-0.2, 0) is 0 Å². The zero-order valence-corrected chi connectivity index (χ0v) is 11.7. The molecule has 0 N–H and O–H groups in total. The molecule has 0 radical (unpaired) electrons. The lowest BCUT2D eigenvalue weighted by Gasteiger charge is -2.18. The van der Waals surface area contributed by atoms with E-state index in [1.165, 1.54) is 0 Å². The molecule has 0 saturated heterocycles. The lowest BCUT2D eigenvalue weighted by Crippen LogP contribution is -2.11. The van der Waals surface area contributed by atoms with Crippen LogP contribution in [0.3, 0.4) is 0 Å². The highest BCUT2D eigenvalue weighted by atomic mass is 79.9. The van der Waals surface area contributed by atoms with Gasteiger partial charge in [0, 0.05) is 23.9 Å². The molecule has 0 aliphatic rings. The Morgan fingerprint density at radius 2 is 2.06 bits per heavy atom. The Bertz CT molecular complexity index is 488. The molecule has 16 heavy (non-hydrogen) atoms. The highest BCUT2D eigenvalue weighted by Gasteiger charge is 2.09. The van der Waals surface area contributed by atoms with Crippen LogP contribution >= 0.6 is 31.9 Å². The number of hydrogen-bond acceptors (Lipinski definition) is 3.